The maximum atomic E-state index is 10.6. The molecular formula is C4H4N2OS2. The van der Waals surface area contributed by atoms with E-state index in [0.29, 0.717) is 4.90 Å². The quantitative estimate of drug-likeness (QED) is 0.539. The van der Waals surface area contributed by atoms with Crippen LogP contribution in [0.5, 0.6) is 0 Å². The number of nitrogens with zero attached hydrogens (tertiary/aromatic N) is 1. The van der Waals surface area contributed by atoms with E-state index in [1.165, 1.54) is 11.3 Å². The van der Waals surface area contributed by atoms with Crippen LogP contribution in [0.15, 0.2) is 15.1 Å². The highest BCUT2D eigenvalue weighted by Gasteiger charge is 1.93. The van der Waals surface area contributed by atoms with Crippen LogP contribution in [0.25, 0.3) is 0 Å². The standard InChI is InChI=1S/C4H4N2OS2/c5-4-6-3(7)2(8)1-9-4/h1,8H,(H2,5,6,7). The van der Waals surface area contributed by atoms with Crippen LogP contribution in [0.4, 0.5) is 5.13 Å². The molecule has 0 aliphatic rings. The topological polar surface area (TPSA) is 56.0 Å². The first kappa shape index (κ1) is 6.57. The minimum atomic E-state index is -0.366. The average Bonchev–Trinajstić information content (AvgIpc) is 1.80. The van der Waals surface area contributed by atoms with E-state index >= 15 is 0 Å². The first-order valence-electron chi connectivity index (χ1n) is 2.14. The maximum Gasteiger partial charge on any atom is 0.286 e. The molecule has 1 heterocycles. The molecule has 0 aromatic carbocycles. The molecule has 48 valence electrons. The van der Waals surface area contributed by atoms with Crippen LogP contribution in [-0.2, 0) is 0 Å². The molecule has 1 rings (SSSR count). The largest absolute Gasteiger partial charge is 0.375 e. The summed E-state index contributed by atoms with van der Waals surface area (Å²) in [7, 11) is 0. The zero-order valence-electron chi connectivity index (χ0n) is 4.37. The highest BCUT2D eigenvalue weighted by atomic mass is 32.1. The zero-order chi connectivity index (χ0) is 6.85. The molecule has 5 heteroatoms. The molecule has 0 amide bonds. The highest BCUT2D eigenvalue weighted by Crippen LogP contribution is 2.06. The summed E-state index contributed by atoms with van der Waals surface area (Å²) in [6, 6.07) is 0. The van der Waals surface area contributed by atoms with Crippen molar-refractivity contribution in [1.29, 1.82) is 0 Å². The molecule has 0 unspecified atom stereocenters. The fourth-order valence-electron chi connectivity index (χ4n) is 0.350. The van der Waals surface area contributed by atoms with E-state index in [1.54, 1.807) is 5.38 Å². The van der Waals surface area contributed by atoms with Gasteiger partial charge < -0.3 is 5.73 Å². The molecule has 0 fully saturated rings. The molecule has 3 nitrogen and oxygen atoms in total. The van der Waals surface area contributed by atoms with E-state index in [2.05, 4.69) is 17.6 Å². The van der Waals surface area contributed by atoms with E-state index in [-0.39, 0.29) is 10.7 Å². The Balaban J connectivity index is 3.34. The molecule has 1 aromatic rings. The second-order valence-corrected chi connectivity index (χ2v) is 2.75. The number of rotatable bonds is 0. The predicted molar refractivity (Wildman–Crippen MR) is 40.0 cm³/mol. The van der Waals surface area contributed by atoms with Crippen molar-refractivity contribution in [2.24, 2.45) is 0 Å². The third-order valence-corrected chi connectivity index (χ3v) is 1.90. The molecule has 0 aliphatic carbocycles. The maximum absolute atomic E-state index is 10.6. The van der Waals surface area contributed by atoms with Gasteiger partial charge in [-0.1, -0.05) is 0 Å². The monoisotopic (exact) mass is 160 g/mol. The van der Waals surface area contributed by atoms with Gasteiger partial charge in [-0.15, -0.1) is 24.0 Å². The van der Waals surface area contributed by atoms with E-state index in [4.69, 9.17) is 5.73 Å². The normalized spacial score (nSPS) is 9.44. The molecule has 9 heavy (non-hydrogen) atoms. The van der Waals surface area contributed by atoms with Crippen LogP contribution < -0.4 is 11.3 Å². The Morgan fingerprint density at radius 3 is 2.89 bits per heavy atom. The van der Waals surface area contributed by atoms with Gasteiger partial charge in [0, 0.05) is 5.38 Å². The molecular weight excluding hydrogens is 156 g/mol. The van der Waals surface area contributed by atoms with E-state index in [0.717, 1.165) is 0 Å². The zero-order valence-corrected chi connectivity index (χ0v) is 6.08. The number of nitrogens with two attached hydrogens (primary N) is 1. The molecule has 0 spiro atoms. The van der Waals surface area contributed by atoms with Crippen LogP contribution in [0, 0.1) is 0 Å². The van der Waals surface area contributed by atoms with Gasteiger partial charge >= 0.3 is 0 Å². The fourth-order valence-corrected chi connectivity index (χ4v) is 1.03. The van der Waals surface area contributed by atoms with Crippen molar-refractivity contribution in [2.75, 3.05) is 5.73 Å². The van der Waals surface area contributed by atoms with Gasteiger partial charge in [0.1, 0.15) is 0 Å². The molecule has 2 N–H and O–H groups in total. The summed E-state index contributed by atoms with van der Waals surface area (Å²) in [5.41, 5.74) is 4.83. The average molecular weight is 160 g/mol. The van der Waals surface area contributed by atoms with Crippen molar-refractivity contribution in [1.82, 2.24) is 4.98 Å². The van der Waals surface area contributed by atoms with Crippen LogP contribution in [0.1, 0.15) is 0 Å². The van der Waals surface area contributed by atoms with Crippen molar-refractivity contribution < 1.29 is 0 Å². The van der Waals surface area contributed by atoms with Gasteiger partial charge in [0.2, 0.25) is 0 Å². The molecule has 0 bridgehead atoms. The van der Waals surface area contributed by atoms with E-state index < -0.39 is 0 Å². The third-order valence-electron chi connectivity index (χ3n) is 0.722. The molecule has 0 atom stereocenters. The van der Waals surface area contributed by atoms with Crippen LogP contribution in [-0.4, -0.2) is 4.98 Å². The van der Waals surface area contributed by atoms with E-state index in [9.17, 15) is 4.79 Å². The van der Waals surface area contributed by atoms with Gasteiger partial charge in [-0.3, -0.25) is 4.79 Å². The van der Waals surface area contributed by atoms with Crippen molar-refractivity contribution >= 4 is 29.1 Å². The summed E-state index contributed by atoms with van der Waals surface area (Å²) < 4.78 is 0. The van der Waals surface area contributed by atoms with Gasteiger partial charge in [0.15, 0.2) is 5.13 Å². The summed E-state index contributed by atoms with van der Waals surface area (Å²) in [5.74, 6) is 0. The summed E-state index contributed by atoms with van der Waals surface area (Å²) in [6.07, 6.45) is 0. The summed E-state index contributed by atoms with van der Waals surface area (Å²) in [5, 5.41) is 1.84. The molecule has 0 saturated heterocycles. The minimum absolute atomic E-state index is 0.276. The number of hydrogen-bond donors (Lipinski definition) is 2. The molecule has 1 aromatic heterocycles. The number of thiol groups is 1. The van der Waals surface area contributed by atoms with Crippen LogP contribution in [0.2, 0.25) is 0 Å². The first-order valence-corrected chi connectivity index (χ1v) is 3.47. The summed E-state index contributed by atoms with van der Waals surface area (Å²) in [4.78, 5) is 14.4. The Hall–Kier alpha value is -0.550. The van der Waals surface area contributed by atoms with Gasteiger partial charge in [-0.2, -0.15) is 4.98 Å². The van der Waals surface area contributed by atoms with Crippen LogP contribution >= 0.6 is 24.0 Å². The third kappa shape index (κ3) is 1.43. The van der Waals surface area contributed by atoms with Crippen molar-refractivity contribution in [3.8, 4) is 0 Å². The van der Waals surface area contributed by atoms with Gasteiger partial charge in [0.05, 0.1) is 4.90 Å². The smallest absolute Gasteiger partial charge is 0.286 e. The lowest BCUT2D eigenvalue weighted by atomic mass is 10.7. The fraction of sp³-hybridized carbons (Fsp3) is 0. The molecule has 0 radical (unpaired) electrons. The highest BCUT2D eigenvalue weighted by molar-refractivity contribution is 7.80. The molecule has 0 aliphatic heterocycles. The summed E-state index contributed by atoms with van der Waals surface area (Å²) >= 11 is 5.02. The SMILES string of the molecule is Nc1nc(=O)c(S)cs1. The van der Waals surface area contributed by atoms with Gasteiger partial charge in [0.25, 0.3) is 5.56 Å². The van der Waals surface area contributed by atoms with Crippen molar-refractivity contribution in [3.63, 3.8) is 0 Å². The number of anilines is 1. The van der Waals surface area contributed by atoms with Crippen molar-refractivity contribution in [2.45, 2.75) is 4.90 Å². The minimum Gasteiger partial charge on any atom is -0.375 e. The lowest BCUT2D eigenvalue weighted by molar-refractivity contribution is 1.20. The van der Waals surface area contributed by atoms with Gasteiger partial charge in [-0.05, 0) is 0 Å². The number of hydrogen-bond acceptors (Lipinski definition) is 5. The Kier molecular flexibility index (Phi) is 1.73. The van der Waals surface area contributed by atoms with E-state index in [1.807, 2.05) is 0 Å². The Morgan fingerprint density at radius 2 is 2.44 bits per heavy atom. The lowest BCUT2D eigenvalue weighted by Gasteiger charge is -1.86. The van der Waals surface area contributed by atoms with Crippen LogP contribution in [0.3, 0.4) is 0 Å². The number of aromatic nitrogens is 1. The lowest BCUT2D eigenvalue weighted by Crippen LogP contribution is -2.07. The Labute approximate surface area is 61.0 Å². The Morgan fingerprint density at radius 1 is 1.78 bits per heavy atom. The second kappa shape index (κ2) is 2.36. The number of nitrogen functional groups attached to an aromatic ring is 1. The Bertz CT molecular complexity index is 270. The first-order chi connectivity index (χ1) is 4.20. The summed E-state index contributed by atoms with van der Waals surface area (Å²) in [6.45, 7) is 0. The van der Waals surface area contributed by atoms with Gasteiger partial charge in [-0.25, -0.2) is 0 Å². The predicted octanol–water partition coefficient (Wildman–Crippen LogP) is 0.374. The molecule has 0 saturated carbocycles. The van der Waals surface area contributed by atoms with Crippen molar-refractivity contribution in [3.05, 3.63) is 15.7 Å². The second-order valence-electron chi connectivity index (χ2n) is 1.38.